The lowest BCUT2D eigenvalue weighted by Gasteiger charge is -2.40. The lowest BCUT2D eigenvalue weighted by molar-refractivity contribution is -0.549. The number of hydrogen-bond acceptors (Lipinski definition) is 10. The largest absolute Gasteiger partial charge is 0.504 e. The van der Waals surface area contributed by atoms with Crippen molar-refractivity contribution in [3.63, 3.8) is 0 Å². The van der Waals surface area contributed by atoms with Gasteiger partial charge in [0.15, 0.2) is 17.6 Å². The summed E-state index contributed by atoms with van der Waals surface area (Å²) in [5.74, 6) is -2.94. The van der Waals surface area contributed by atoms with E-state index in [-0.39, 0.29) is 29.4 Å². The Morgan fingerprint density at radius 1 is 1.07 bits per heavy atom. The minimum atomic E-state index is -2.02. The van der Waals surface area contributed by atoms with Gasteiger partial charge in [0, 0.05) is 18.0 Å². The normalized spacial score (nSPS) is 33.0. The minimum absolute atomic E-state index is 0.00451. The number of hydrogen-bond donors (Lipinski definition) is 5. The van der Waals surface area contributed by atoms with Gasteiger partial charge in [0.05, 0.1) is 17.6 Å². The second kappa shape index (κ2) is 7.54. The van der Waals surface area contributed by atoms with Gasteiger partial charge in [-0.25, -0.2) is 0 Å². The number of aromatic hydroxyl groups is 1. The molecule has 1 aliphatic carbocycles. The van der Waals surface area contributed by atoms with Gasteiger partial charge in [-0.3, -0.25) is 14.9 Å². The summed E-state index contributed by atoms with van der Waals surface area (Å²) in [7, 11) is 0. The van der Waals surface area contributed by atoms with E-state index < -0.39 is 53.0 Å². The highest BCUT2D eigenvalue weighted by Gasteiger charge is 2.57. The summed E-state index contributed by atoms with van der Waals surface area (Å²) in [5.41, 5.74) is -0.499. The third-order valence-electron chi connectivity index (χ3n) is 6.01. The first-order valence-electron chi connectivity index (χ1n) is 9.54. The Morgan fingerprint density at radius 3 is 2.33 bits per heavy atom. The molecule has 0 radical (unpaired) electrons. The number of benzene rings is 1. The Hall–Kier alpha value is -2.67. The highest BCUT2D eigenvalue weighted by Crippen LogP contribution is 2.49. The third-order valence-corrected chi connectivity index (χ3v) is 6.01. The second-order valence-corrected chi connectivity index (χ2v) is 7.69. The summed E-state index contributed by atoms with van der Waals surface area (Å²) in [4.78, 5) is 25.5. The van der Waals surface area contributed by atoms with Crippen molar-refractivity contribution in [2.45, 2.75) is 49.2 Å². The van der Waals surface area contributed by atoms with Gasteiger partial charge in [0.2, 0.25) is 12.5 Å². The summed E-state index contributed by atoms with van der Waals surface area (Å²) in [5, 5.41) is 63.4. The fourth-order valence-electron chi connectivity index (χ4n) is 4.47. The zero-order valence-electron chi connectivity index (χ0n) is 15.7. The first-order chi connectivity index (χ1) is 14.2. The molecule has 3 aliphatic rings. The maximum Gasteiger partial charge on any atom is 0.258 e. The van der Waals surface area contributed by atoms with Crippen molar-refractivity contribution in [1.29, 1.82) is 0 Å². The SMILES string of the molecule is O=C(c1c([C@H]2[C@@H](O)[C@H](O)[C@@H](O)[C@@H](O)[C@@H]2[N+](=O)[O-])cc2c(c1O)OCO2)N1CCCC1. The molecule has 2 aliphatic heterocycles. The Labute approximate surface area is 170 Å². The number of rotatable bonds is 3. The predicted octanol–water partition coefficient (Wildman–Crippen LogP) is -1.46. The average Bonchev–Trinajstić information content (AvgIpc) is 3.40. The molecule has 0 unspecified atom stereocenters. The number of amides is 1. The molecule has 1 amide bonds. The molecule has 0 aromatic heterocycles. The van der Waals surface area contributed by atoms with E-state index in [1.807, 2.05) is 0 Å². The Bertz CT molecular complexity index is 871. The van der Waals surface area contributed by atoms with Gasteiger partial charge in [-0.1, -0.05) is 0 Å². The molecule has 5 N–H and O–H groups in total. The van der Waals surface area contributed by atoms with E-state index in [2.05, 4.69) is 0 Å². The molecule has 4 rings (SSSR count). The minimum Gasteiger partial charge on any atom is -0.504 e. The van der Waals surface area contributed by atoms with Crippen LogP contribution in [0.4, 0.5) is 0 Å². The highest BCUT2D eigenvalue weighted by atomic mass is 16.7. The average molecular weight is 426 g/mol. The van der Waals surface area contributed by atoms with E-state index >= 15 is 0 Å². The number of phenolic OH excluding ortho intramolecular Hbond substituents is 1. The van der Waals surface area contributed by atoms with Crippen molar-refractivity contribution in [3.8, 4) is 17.2 Å². The van der Waals surface area contributed by atoms with Gasteiger partial charge in [0.1, 0.15) is 12.2 Å². The van der Waals surface area contributed by atoms with Crippen LogP contribution in [0.15, 0.2) is 6.07 Å². The molecular formula is C18H22N2O10. The number of fused-ring (bicyclic) bond motifs is 1. The van der Waals surface area contributed by atoms with Crippen LogP contribution in [0.2, 0.25) is 0 Å². The zero-order chi connectivity index (χ0) is 21.7. The number of phenols is 1. The van der Waals surface area contributed by atoms with Gasteiger partial charge in [-0.2, -0.15) is 0 Å². The molecule has 12 heteroatoms. The van der Waals surface area contributed by atoms with Crippen molar-refractivity contribution < 1.29 is 44.7 Å². The quantitative estimate of drug-likeness (QED) is 0.283. The summed E-state index contributed by atoms with van der Waals surface area (Å²) in [6.45, 7) is 0.587. The molecule has 164 valence electrons. The number of ether oxygens (including phenoxy) is 2. The third kappa shape index (κ3) is 3.03. The van der Waals surface area contributed by atoms with Crippen LogP contribution in [0.25, 0.3) is 0 Å². The number of nitro groups is 1. The van der Waals surface area contributed by atoms with E-state index in [0.717, 1.165) is 12.8 Å². The molecule has 30 heavy (non-hydrogen) atoms. The van der Waals surface area contributed by atoms with Crippen molar-refractivity contribution in [3.05, 3.63) is 27.3 Å². The Kier molecular flexibility index (Phi) is 5.18. The molecule has 1 aromatic carbocycles. The molecule has 6 atom stereocenters. The molecule has 1 saturated carbocycles. The molecule has 0 spiro atoms. The first-order valence-corrected chi connectivity index (χ1v) is 9.54. The van der Waals surface area contributed by atoms with Gasteiger partial charge < -0.3 is 39.9 Å². The molecule has 1 saturated heterocycles. The summed E-state index contributed by atoms with van der Waals surface area (Å²) < 4.78 is 10.5. The van der Waals surface area contributed by atoms with E-state index in [9.17, 15) is 40.4 Å². The van der Waals surface area contributed by atoms with E-state index in [0.29, 0.717) is 13.1 Å². The number of aliphatic hydroxyl groups excluding tert-OH is 4. The van der Waals surface area contributed by atoms with Crippen LogP contribution in [0.3, 0.4) is 0 Å². The van der Waals surface area contributed by atoms with Gasteiger partial charge >= 0.3 is 0 Å². The van der Waals surface area contributed by atoms with Gasteiger partial charge in [-0.05, 0) is 24.5 Å². The molecule has 0 bridgehead atoms. The summed E-state index contributed by atoms with van der Waals surface area (Å²) in [6.07, 6.45) is -6.30. The Morgan fingerprint density at radius 2 is 1.70 bits per heavy atom. The molecule has 1 aromatic rings. The van der Waals surface area contributed by atoms with Crippen molar-refractivity contribution in [1.82, 2.24) is 4.90 Å². The lowest BCUT2D eigenvalue weighted by atomic mass is 9.72. The molecule has 2 heterocycles. The standard InChI is InChI=1S/C18H22N2O10/c21-12-9(11(20(27)28)14(23)16(25)15(12)24)7-5-8-17(30-6-29-8)13(22)10(7)18(26)19-3-1-2-4-19/h5,9,11-12,14-16,21-25H,1-4,6H2/t9-,11-,12-,14+,15+,16+/m1/s1. The van der Waals surface area contributed by atoms with Crippen LogP contribution in [-0.4, -0.2) is 91.6 Å². The zero-order valence-corrected chi connectivity index (χ0v) is 15.7. The van der Waals surface area contributed by atoms with Crippen LogP contribution in [0.1, 0.15) is 34.7 Å². The fourth-order valence-corrected chi connectivity index (χ4v) is 4.47. The van der Waals surface area contributed by atoms with Crippen LogP contribution >= 0.6 is 0 Å². The van der Waals surface area contributed by atoms with Crippen molar-refractivity contribution >= 4 is 5.91 Å². The Balaban J connectivity index is 1.90. The van der Waals surface area contributed by atoms with E-state index in [1.54, 1.807) is 0 Å². The van der Waals surface area contributed by atoms with Crippen molar-refractivity contribution in [2.24, 2.45) is 0 Å². The van der Waals surface area contributed by atoms with Crippen LogP contribution < -0.4 is 9.47 Å². The number of likely N-dealkylation sites (tertiary alicyclic amines) is 1. The lowest BCUT2D eigenvalue weighted by Crippen LogP contribution is -2.62. The number of carbonyl (C=O) groups excluding carboxylic acids is 1. The fraction of sp³-hybridized carbons (Fsp3) is 0.611. The number of carbonyl (C=O) groups is 1. The molecule has 12 nitrogen and oxygen atoms in total. The van der Waals surface area contributed by atoms with E-state index in [1.165, 1.54) is 11.0 Å². The maximum absolute atomic E-state index is 13.2. The smallest absolute Gasteiger partial charge is 0.258 e. The highest BCUT2D eigenvalue weighted by molar-refractivity contribution is 6.00. The topological polar surface area (TPSA) is 183 Å². The van der Waals surface area contributed by atoms with E-state index in [4.69, 9.17) is 9.47 Å². The van der Waals surface area contributed by atoms with Crippen LogP contribution in [0.5, 0.6) is 17.2 Å². The van der Waals surface area contributed by atoms with Crippen LogP contribution in [-0.2, 0) is 0 Å². The predicted molar refractivity (Wildman–Crippen MR) is 96.9 cm³/mol. The molecular weight excluding hydrogens is 404 g/mol. The number of aliphatic hydroxyl groups is 4. The first kappa shape index (κ1) is 20.6. The number of nitrogens with zero attached hydrogens (tertiary/aromatic N) is 2. The molecule has 2 fully saturated rings. The van der Waals surface area contributed by atoms with Crippen LogP contribution in [0, 0.1) is 10.1 Å². The van der Waals surface area contributed by atoms with Gasteiger partial charge in [-0.15, -0.1) is 0 Å². The monoisotopic (exact) mass is 426 g/mol. The second-order valence-electron chi connectivity index (χ2n) is 7.69. The van der Waals surface area contributed by atoms with Gasteiger partial charge in [0.25, 0.3) is 11.9 Å². The maximum atomic E-state index is 13.2. The summed E-state index contributed by atoms with van der Waals surface area (Å²) in [6, 6.07) is -0.726. The summed E-state index contributed by atoms with van der Waals surface area (Å²) >= 11 is 0. The van der Waals surface area contributed by atoms with Crippen molar-refractivity contribution in [2.75, 3.05) is 19.9 Å².